The predicted molar refractivity (Wildman–Crippen MR) is 134 cm³/mol. The van der Waals surface area contributed by atoms with Gasteiger partial charge in [0.2, 0.25) is 0 Å². The first-order chi connectivity index (χ1) is 17.9. The van der Waals surface area contributed by atoms with Gasteiger partial charge in [-0.3, -0.25) is 0 Å². The van der Waals surface area contributed by atoms with Crippen molar-refractivity contribution >= 4 is 5.97 Å². The molecular formula is C29H44O9. The zero-order chi connectivity index (χ0) is 27.2. The van der Waals surface area contributed by atoms with E-state index in [9.17, 15) is 30.3 Å². The molecule has 38 heavy (non-hydrogen) atoms. The highest BCUT2D eigenvalue weighted by Crippen LogP contribution is 2.70. The van der Waals surface area contributed by atoms with Crippen molar-refractivity contribution in [1.29, 1.82) is 0 Å². The monoisotopic (exact) mass is 536 g/mol. The minimum Gasteiger partial charge on any atom is -0.458 e. The van der Waals surface area contributed by atoms with Gasteiger partial charge in [0.25, 0.3) is 0 Å². The molecule has 0 aromatic heterocycles. The van der Waals surface area contributed by atoms with Crippen LogP contribution in [0.15, 0.2) is 11.6 Å². The molecular weight excluding hydrogens is 492 g/mol. The summed E-state index contributed by atoms with van der Waals surface area (Å²) in [6, 6.07) is 0. The molecule has 0 aromatic carbocycles. The van der Waals surface area contributed by atoms with Crippen LogP contribution in [-0.4, -0.2) is 86.6 Å². The molecule has 4 saturated carbocycles. The van der Waals surface area contributed by atoms with Crippen molar-refractivity contribution in [3.8, 4) is 0 Å². The van der Waals surface area contributed by atoms with Crippen LogP contribution in [0.25, 0.3) is 0 Å². The zero-order valence-electron chi connectivity index (χ0n) is 22.7. The normalized spacial score (nSPS) is 56.5. The largest absolute Gasteiger partial charge is 0.458 e. The summed E-state index contributed by atoms with van der Waals surface area (Å²) in [7, 11) is 0. The number of esters is 1. The molecule has 6 rings (SSSR count). The number of hydrogen-bond donors (Lipinski definition) is 5. The van der Waals surface area contributed by atoms with E-state index in [4.69, 9.17) is 14.2 Å². The Kier molecular flexibility index (Phi) is 6.58. The van der Waals surface area contributed by atoms with E-state index in [1.54, 1.807) is 13.0 Å². The summed E-state index contributed by atoms with van der Waals surface area (Å²) in [5, 5.41) is 54.7. The highest BCUT2D eigenvalue weighted by atomic mass is 16.7. The molecule has 5 fully saturated rings. The number of rotatable bonds is 3. The van der Waals surface area contributed by atoms with E-state index in [1.165, 1.54) is 0 Å². The van der Waals surface area contributed by atoms with Gasteiger partial charge in [0.1, 0.15) is 24.9 Å². The Morgan fingerprint density at radius 3 is 2.47 bits per heavy atom. The topological polar surface area (TPSA) is 146 Å². The Morgan fingerprint density at radius 1 is 1.00 bits per heavy atom. The lowest BCUT2D eigenvalue weighted by Gasteiger charge is -2.65. The number of hydrogen-bond acceptors (Lipinski definition) is 9. The minimum absolute atomic E-state index is 0.0143. The second-order valence-electron chi connectivity index (χ2n) is 13.7. The predicted octanol–water partition coefficient (Wildman–Crippen LogP) is 1.43. The quantitative estimate of drug-likeness (QED) is 0.267. The third kappa shape index (κ3) is 3.80. The number of cyclic esters (lactones) is 1. The molecule has 0 bridgehead atoms. The SMILES string of the molecule is CC1OC(OC2CCC3(C)C(CCC4C3C(O)CC3(C)C(C5=CC(=O)OC5)CCC43O)C2)C(O)C(O)C1O. The number of fused-ring (bicyclic) bond motifs is 5. The van der Waals surface area contributed by atoms with Gasteiger partial charge in [-0.15, -0.1) is 0 Å². The lowest BCUT2D eigenvalue weighted by atomic mass is 9.42. The minimum atomic E-state index is -1.32. The number of carbonyl (C=O) groups excluding carboxylic acids is 1. The highest BCUT2D eigenvalue weighted by Gasteiger charge is 2.70. The fourth-order valence-corrected chi connectivity index (χ4v) is 9.91. The van der Waals surface area contributed by atoms with Crippen molar-refractivity contribution in [1.82, 2.24) is 0 Å². The fraction of sp³-hybridized carbons (Fsp3) is 0.897. The summed E-state index contributed by atoms with van der Waals surface area (Å²) in [6.45, 7) is 6.32. The van der Waals surface area contributed by atoms with Crippen LogP contribution in [0, 0.1) is 34.5 Å². The smallest absolute Gasteiger partial charge is 0.331 e. The van der Waals surface area contributed by atoms with E-state index >= 15 is 0 Å². The van der Waals surface area contributed by atoms with Crippen LogP contribution < -0.4 is 0 Å². The molecule has 0 spiro atoms. The van der Waals surface area contributed by atoms with Gasteiger partial charge in [0.05, 0.1) is 23.9 Å². The molecule has 9 heteroatoms. The Morgan fingerprint density at radius 2 is 1.76 bits per heavy atom. The van der Waals surface area contributed by atoms with Crippen LogP contribution >= 0.6 is 0 Å². The molecule has 6 aliphatic rings. The summed E-state index contributed by atoms with van der Waals surface area (Å²) in [4.78, 5) is 11.8. The summed E-state index contributed by atoms with van der Waals surface area (Å²) < 4.78 is 17.1. The summed E-state index contributed by atoms with van der Waals surface area (Å²) >= 11 is 0. The number of ether oxygens (including phenoxy) is 3. The van der Waals surface area contributed by atoms with Gasteiger partial charge >= 0.3 is 5.97 Å². The second-order valence-corrected chi connectivity index (χ2v) is 13.7. The maximum atomic E-state index is 12.4. The van der Waals surface area contributed by atoms with Gasteiger partial charge in [-0.05, 0) is 93.0 Å². The molecule has 1 saturated heterocycles. The number of aliphatic hydroxyl groups is 5. The van der Waals surface area contributed by atoms with Crippen LogP contribution in [0.4, 0.5) is 0 Å². The Bertz CT molecular complexity index is 985. The van der Waals surface area contributed by atoms with Gasteiger partial charge in [0.15, 0.2) is 6.29 Å². The summed E-state index contributed by atoms with van der Waals surface area (Å²) in [5.74, 6) is -0.0314. The van der Waals surface area contributed by atoms with Crippen LogP contribution in [0.2, 0.25) is 0 Å². The Labute approximate surface area is 224 Å². The van der Waals surface area contributed by atoms with Crippen molar-refractivity contribution in [2.75, 3.05) is 6.61 Å². The van der Waals surface area contributed by atoms with Crippen molar-refractivity contribution < 1.29 is 44.5 Å². The molecule has 0 radical (unpaired) electrons. The zero-order valence-corrected chi connectivity index (χ0v) is 22.7. The molecule has 14 unspecified atom stereocenters. The van der Waals surface area contributed by atoms with E-state index < -0.39 is 47.8 Å². The van der Waals surface area contributed by atoms with Gasteiger partial charge in [-0.1, -0.05) is 13.8 Å². The van der Waals surface area contributed by atoms with Crippen LogP contribution in [0.1, 0.15) is 72.1 Å². The summed E-state index contributed by atoms with van der Waals surface area (Å²) in [5.41, 5.74) is -0.607. The number of carbonyl (C=O) groups is 1. The van der Waals surface area contributed by atoms with Gasteiger partial charge < -0.3 is 39.7 Å². The third-order valence-corrected chi connectivity index (χ3v) is 12.0. The van der Waals surface area contributed by atoms with Gasteiger partial charge in [-0.2, -0.15) is 0 Å². The first-order valence-corrected chi connectivity index (χ1v) is 14.5. The first-order valence-electron chi connectivity index (χ1n) is 14.5. The molecule has 4 aliphatic carbocycles. The molecule has 214 valence electrons. The fourth-order valence-electron chi connectivity index (χ4n) is 9.91. The van der Waals surface area contributed by atoms with E-state index in [1.807, 2.05) is 0 Å². The highest BCUT2D eigenvalue weighted by molar-refractivity contribution is 5.85. The van der Waals surface area contributed by atoms with E-state index in [0.717, 1.165) is 44.1 Å². The van der Waals surface area contributed by atoms with Crippen LogP contribution in [0.5, 0.6) is 0 Å². The number of aliphatic hydroxyl groups excluding tert-OH is 4. The Hall–Kier alpha value is -1.07. The Balaban J connectivity index is 1.19. The van der Waals surface area contributed by atoms with E-state index in [0.29, 0.717) is 18.8 Å². The van der Waals surface area contributed by atoms with E-state index in [-0.39, 0.29) is 41.8 Å². The lowest BCUT2D eigenvalue weighted by molar-refractivity contribution is -0.311. The van der Waals surface area contributed by atoms with Crippen molar-refractivity contribution in [3.63, 3.8) is 0 Å². The van der Waals surface area contributed by atoms with Crippen molar-refractivity contribution in [3.05, 3.63) is 11.6 Å². The molecule has 0 amide bonds. The molecule has 9 nitrogen and oxygen atoms in total. The summed E-state index contributed by atoms with van der Waals surface area (Å²) in [6.07, 6.45) is 1.49. The van der Waals surface area contributed by atoms with E-state index in [2.05, 4.69) is 13.8 Å². The van der Waals surface area contributed by atoms with Gasteiger partial charge in [0, 0.05) is 11.5 Å². The molecule has 2 heterocycles. The van der Waals surface area contributed by atoms with Gasteiger partial charge in [-0.25, -0.2) is 4.79 Å². The maximum absolute atomic E-state index is 12.4. The third-order valence-electron chi connectivity index (χ3n) is 12.0. The van der Waals surface area contributed by atoms with Crippen LogP contribution in [0.3, 0.4) is 0 Å². The molecule has 0 aromatic rings. The standard InChI is InChI=1S/C29H44O9/c1-14-23(32)24(33)25(34)26(37-14)38-17-6-8-27(2)16(11-17)4-5-19-22(27)20(30)12-28(3)18(7-9-29(19,28)35)15-10-21(31)36-13-15/h10,14,16-20,22-26,30,32-35H,4-9,11-13H2,1-3H3. The van der Waals surface area contributed by atoms with Crippen LogP contribution in [-0.2, 0) is 19.0 Å². The second kappa shape index (κ2) is 9.23. The molecule has 14 atom stereocenters. The average Bonchev–Trinajstić information content (AvgIpc) is 3.41. The molecule has 2 aliphatic heterocycles. The maximum Gasteiger partial charge on any atom is 0.331 e. The molecule has 5 N–H and O–H groups in total. The van der Waals surface area contributed by atoms with Crippen molar-refractivity contribution in [2.45, 2.75) is 121 Å². The average molecular weight is 537 g/mol. The lowest BCUT2D eigenvalue weighted by Crippen LogP contribution is -2.66. The first kappa shape index (κ1) is 27.1. The van der Waals surface area contributed by atoms with Crippen molar-refractivity contribution in [2.24, 2.45) is 34.5 Å².